The van der Waals surface area contributed by atoms with Gasteiger partial charge in [-0.05, 0) is 45.7 Å². The van der Waals surface area contributed by atoms with Gasteiger partial charge < -0.3 is 24.7 Å². The molecule has 2 aromatic rings. The molecular formula is C23H34IN5O3. The van der Waals surface area contributed by atoms with Crippen molar-refractivity contribution in [2.75, 3.05) is 32.8 Å². The molecule has 32 heavy (non-hydrogen) atoms. The van der Waals surface area contributed by atoms with E-state index in [0.29, 0.717) is 38.6 Å². The van der Waals surface area contributed by atoms with Crippen molar-refractivity contribution in [1.82, 2.24) is 20.5 Å². The molecule has 0 spiro atoms. The first-order valence-electron chi connectivity index (χ1n) is 11.1. The number of rotatable bonds is 7. The number of ether oxygens (including phenoxy) is 1. The molecule has 1 saturated heterocycles. The van der Waals surface area contributed by atoms with E-state index in [1.807, 2.05) is 26.0 Å². The number of amides is 1. The molecule has 1 fully saturated rings. The number of hydrogen-bond acceptors (Lipinski definition) is 5. The van der Waals surface area contributed by atoms with Gasteiger partial charge in [0.1, 0.15) is 6.26 Å². The third-order valence-electron chi connectivity index (χ3n) is 5.19. The van der Waals surface area contributed by atoms with E-state index >= 15 is 0 Å². The summed E-state index contributed by atoms with van der Waals surface area (Å²) < 4.78 is 10.7. The van der Waals surface area contributed by atoms with Crippen molar-refractivity contribution in [2.24, 2.45) is 4.99 Å². The molecule has 0 atom stereocenters. The monoisotopic (exact) mass is 555 g/mol. The van der Waals surface area contributed by atoms with Crippen LogP contribution < -0.4 is 10.6 Å². The molecule has 3 rings (SSSR count). The smallest absolute Gasteiger partial charge is 0.409 e. The SMILES string of the molecule is CCNC(=NCCc1coc(-c2ccc(C)cc2)n1)NC1CCN(C(=O)OCC)CC1.I. The van der Waals surface area contributed by atoms with E-state index in [1.54, 1.807) is 11.2 Å². The Kier molecular flexibility index (Phi) is 10.8. The summed E-state index contributed by atoms with van der Waals surface area (Å²) in [6, 6.07) is 8.42. The molecule has 0 aliphatic carbocycles. The zero-order valence-corrected chi connectivity index (χ0v) is 21.4. The maximum absolute atomic E-state index is 11.8. The molecule has 1 aliphatic heterocycles. The molecule has 1 amide bonds. The van der Waals surface area contributed by atoms with E-state index in [9.17, 15) is 4.79 Å². The van der Waals surface area contributed by atoms with Crippen LogP contribution in [-0.2, 0) is 11.2 Å². The van der Waals surface area contributed by atoms with Crippen molar-refractivity contribution in [3.63, 3.8) is 0 Å². The van der Waals surface area contributed by atoms with Gasteiger partial charge in [0.05, 0.1) is 12.3 Å². The summed E-state index contributed by atoms with van der Waals surface area (Å²) in [6.45, 7) is 9.12. The summed E-state index contributed by atoms with van der Waals surface area (Å²) in [4.78, 5) is 22.9. The van der Waals surface area contributed by atoms with Gasteiger partial charge in [0.15, 0.2) is 5.96 Å². The van der Waals surface area contributed by atoms with Crippen LogP contribution in [0.1, 0.15) is 37.9 Å². The molecule has 9 heteroatoms. The largest absolute Gasteiger partial charge is 0.450 e. The van der Waals surface area contributed by atoms with Crippen LogP contribution >= 0.6 is 24.0 Å². The van der Waals surface area contributed by atoms with E-state index in [2.05, 4.69) is 39.7 Å². The Bertz CT molecular complexity index is 861. The van der Waals surface area contributed by atoms with Gasteiger partial charge in [0.25, 0.3) is 0 Å². The lowest BCUT2D eigenvalue weighted by atomic mass is 10.1. The molecule has 1 aromatic heterocycles. The Labute approximate surface area is 207 Å². The maximum Gasteiger partial charge on any atom is 0.409 e. The van der Waals surface area contributed by atoms with Crippen LogP contribution in [0.4, 0.5) is 4.79 Å². The minimum absolute atomic E-state index is 0. The lowest BCUT2D eigenvalue weighted by Gasteiger charge is -2.32. The van der Waals surface area contributed by atoms with Gasteiger partial charge >= 0.3 is 6.09 Å². The molecule has 2 heterocycles. The minimum Gasteiger partial charge on any atom is -0.450 e. The second kappa shape index (κ2) is 13.3. The average Bonchev–Trinajstić information content (AvgIpc) is 3.24. The topological polar surface area (TPSA) is 92.0 Å². The fourth-order valence-electron chi connectivity index (χ4n) is 3.47. The number of oxazole rings is 1. The number of carbonyl (C=O) groups is 1. The number of halogens is 1. The fraction of sp³-hybridized carbons (Fsp3) is 0.522. The standard InChI is InChI=1S/C23H33N5O3.HI/c1-4-24-22(27-19-11-14-28(15-12-19)23(29)30-5-2)25-13-10-20-16-31-21(26-20)18-8-6-17(3)7-9-18;/h6-9,16,19H,4-5,10-15H2,1-3H3,(H2,24,25,27);1H. The summed E-state index contributed by atoms with van der Waals surface area (Å²) in [5.74, 6) is 1.43. The highest BCUT2D eigenvalue weighted by atomic mass is 127. The third-order valence-corrected chi connectivity index (χ3v) is 5.19. The Morgan fingerprint density at radius 1 is 1.25 bits per heavy atom. The van der Waals surface area contributed by atoms with Crippen molar-refractivity contribution < 1.29 is 13.9 Å². The summed E-state index contributed by atoms with van der Waals surface area (Å²) in [7, 11) is 0. The number of piperidine rings is 1. The molecule has 8 nitrogen and oxygen atoms in total. The van der Waals surface area contributed by atoms with E-state index < -0.39 is 0 Å². The summed E-state index contributed by atoms with van der Waals surface area (Å²) in [5.41, 5.74) is 3.07. The molecule has 0 bridgehead atoms. The number of aryl methyl sites for hydroxylation is 1. The van der Waals surface area contributed by atoms with Gasteiger partial charge in [-0.15, -0.1) is 24.0 Å². The number of nitrogens with zero attached hydrogens (tertiary/aromatic N) is 3. The first-order chi connectivity index (χ1) is 15.1. The highest BCUT2D eigenvalue weighted by molar-refractivity contribution is 14.0. The predicted octanol–water partition coefficient (Wildman–Crippen LogP) is 3.99. The van der Waals surface area contributed by atoms with Crippen LogP contribution in [0.3, 0.4) is 0 Å². The third kappa shape index (κ3) is 7.68. The normalized spacial score (nSPS) is 14.6. The maximum atomic E-state index is 11.8. The van der Waals surface area contributed by atoms with Crippen LogP contribution in [-0.4, -0.2) is 60.8 Å². The van der Waals surface area contributed by atoms with Crippen LogP contribution in [0.5, 0.6) is 0 Å². The van der Waals surface area contributed by atoms with Gasteiger partial charge in [-0.3, -0.25) is 4.99 Å². The van der Waals surface area contributed by atoms with E-state index in [0.717, 1.165) is 36.6 Å². The van der Waals surface area contributed by atoms with Crippen molar-refractivity contribution in [3.8, 4) is 11.5 Å². The van der Waals surface area contributed by atoms with Gasteiger partial charge in [0.2, 0.25) is 5.89 Å². The van der Waals surface area contributed by atoms with Crippen LogP contribution in [0.2, 0.25) is 0 Å². The van der Waals surface area contributed by atoms with Gasteiger partial charge in [0, 0.05) is 44.2 Å². The summed E-state index contributed by atoms with van der Waals surface area (Å²) in [6.07, 6.45) is 3.92. The first-order valence-corrected chi connectivity index (χ1v) is 11.1. The number of aliphatic imine (C=N–C) groups is 1. The van der Waals surface area contributed by atoms with Crippen LogP contribution in [0.25, 0.3) is 11.5 Å². The summed E-state index contributed by atoms with van der Waals surface area (Å²) >= 11 is 0. The predicted molar refractivity (Wildman–Crippen MR) is 137 cm³/mol. The highest BCUT2D eigenvalue weighted by Gasteiger charge is 2.24. The van der Waals surface area contributed by atoms with Gasteiger partial charge in [-0.2, -0.15) is 0 Å². The second-order valence-corrected chi connectivity index (χ2v) is 7.63. The fourth-order valence-corrected chi connectivity index (χ4v) is 3.47. The highest BCUT2D eigenvalue weighted by Crippen LogP contribution is 2.19. The van der Waals surface area contributed by atoms with Crippen molar-refractivity contribution >= 4 is 36.0 Å². The molecule has 0 saturated carbocycles. The molecule has 0 radical (unpaired) electrons. The lowest BCUT2D eigenvalue weighted by molar-refractivity contribution is 0.0963. The number of aromatic nitrogens is 1. The molecular weight excluding hydrogens is 521 g/mol. The number of hydrogen-bond donors (Lipinski definition) is 2. The van der Waals surface area contributed by atoms with Gasteiger partial charge in [-0.25, -0.2) is 9.78 Å². The Balaban J connectivity index is 0.00000363. The summed E-state index contributed by atoms with van der Waals surface area (Å²) in [5, 5.41) is 6.78. The zero-order valence-electron chi connectivity index (χ0n) is 19.1. The number of carbonyl (C=O) groups excluding carboxylic acids is 1. The molecule has 0 unspecified atom stereocenters. The zero-order chi connectivity index (χ0) is 22.1. The van der Waals surface area contributed by atoms with E-state index in [-0.39, 0.29) is 36.1 Å². The Morgan fingerprint density at radius 2 is 1.97 bits per heavy atom. The van der Waals surface area contributed by atoms with Crippen molar-refractivity contribution in [3.05, 3.63) is 41.8 Å². The minimum atomic E-state index is -0.223. The number of benzene rings is 1. The molecule has 1 aliphatic rings. The van der Waals surface area contributed by atoms with Crippen LogP contribution in [0, 0.1) is 6.92 Å². The Morgan fingerprint density at radius 3 is 2.62 bits per heavy atom. The van der Waals surface area contributed by atoms with Crippen LogP contribution in [0.15, 0.2) is 39.9 Å². The van der Waals surface area contributed by atoms with Crippen molar-refractivity contribution in [2.45, 2.75) is 46.1 Å². The number of guanidine groups is 1. The van der Waals surface area contributed by atoms with E-state index in [4.69, 9.17) is 9.15 Å². The average molecular weight is 555 g/mol. The van der Waals surface area contributed by atoms with Gasteiger partial charge in [-0.1, -0.05) is 17.7 Å². The first kappa shape index (κ1) is 26.0. The van der Waals surface area contributed by atoms with Crippen molar-refractivity contribution in [1.29, 1.82) is 0 Å². The lowest BCUT2D eigenvalue weighted by Crippen LogP contribution is -2.50. The number of likely N-dealkylation sites (tertiary alicyclic amines) is 1. The number of nitrogens with one attached hydrogen (secondary N) is 2. The molecule has 1 aromatic carbocycles. The second-order valence-electron chi connectivity index (χ2n) is 7.63. The Hall–Kier alpha value is -2.30. The van der Waals surface area contributed by atoms with E-state index in [1.165, 1.54) is 5.56 Å². The quantitative estimate of drug-likeness (QED) is 0.305. The molecule has 176 valence electrons. The molecule has 2 N–H and O–H groups in total.